The topological polar surface area (TPSA) is 29.9 Å². The summed E-state index contributed by atoms with van der Waals surface area (Å²) in [6.45, 7) is 2.21. The second-order valence-electron chi connectivity index (χ2n) is 4.16. The maximum Gasteiger partial charge on any atom is 0.110 e. The van der Waals surface area contributed by atoms with Crippen molar-refractivity contribution < 1.29 is 0 Å². The van der Waals surface area contributed by atoms with Crippen molar-refractivity contribution in [3.05, 3.63) is 40.1 Å². The van der Waals surface area contributed by atoms with E-state index in [-0.39, 0.29) is 0 Å². The summed E-state index contributed by atoms with van der Waals surface area (Å²) in [7, 11) is 4.07. The van der Waals surface area contributed by atoms with Gasteiger partial charge in [-0.25, -0.2) is 4.98 Å². The molecule has 2 aromatic rings. The molecule has 2 heterocycles. The third kappa shape index (κ3) is 2.58. The highest BCUT2D eigenvalue weighted by molar-refractivity contribution is 7.10. The third-order valence-electron chi connectivity index (χ3n) is 3.13. The Hall–Kier alpha value is -1.13. The minimum absolute atomic E-state index is 0.367. The first-order valence-corrected chi connectivity index (χ1v) is 6.84. The lowest BCUT2D eigenvalue weighted by Crippen LogP contribution is -2.20. The van der Waals surface area contributed by atoms with Crippen molar-refractivity contribution in [3.8, 4) is 0 Å². The molecule has 0 fully saturated rings. The van der Waals surface area contributed by atoms with Crippen LogP contribution >= 0.6 is 11.3 Å². The van der Waals surface area contributed by atoms with Crippen LogP contribution in [0.3, 0.4) is 0 Å². The van der Waals surface area contributed by atoms with Gasteiger partial charge >= 0.3 is 0 Å². The van der Waals surface area contributed by atoms with E-state index in [1.165, 1.54) is 10.4 Å². The third-order valence-corrected chi connectivity index (χ3v) is 4.21. The summed E-state index contributed by atoms with van der Waals surface area (Å²) >= 11 is 1.83. The van der Waals surface area contributed by atoms with Crippen LogP contribution < -0.4 is 5.32 Å². The highest BCUT2D eigenvalue weighted by Crippen LogP contribution is 2.27. The highest BCUT2D eigenvalue weighted by atomic mass is 32.1. The first-order chi connectivity index (χ1) is 8.26. The van der Waals surface area contributed by atoms with Crippen LogP contribution in [0.5, 0.6) is 0 Å². The van der Waals surface area contributed by atoms with Gasteiger partial charge in [-0.3, -0.25) is 0 Å². The molecule has 1 unspecified atom stereocenters. The van der Waals surface area contributed by atoms with Gasteiger partial charge in [-0.05, 0) is 30.5 Å². The number of likely N-dealkylation sites (N-methyl/N-ethyl adjacent to an activating group) is 1. The summed E-state index contributed by atoms with van der Waals surface area (Å²) in [5.74, 6) is 1.12. The minimum atomic E-state index is 0.367. The van der Waals surface area contributed by atoms with Crippen molar-refractivity contribution in [2.75, 3.05) is 7.05 Å². The number of nitrogens with zero attached hydrogens (tertiary/aromatic N) is 2. The average molecular weight is 249 g/mol. The first-order valence-electron chi connectivity index (χ1n) is 5.96. The van der Waals surface area contributed by atoms with E-state index < -0.39 is 0 Å². The van der Waals surface area contributed by atoms with E-state index in [9.17, 15) is 0 Å². The molecular weight excluding hydrogens is 230 g/mol. The lowest BCUT2D eigenvalue weighted by Gasteiger charge is -2.16. The molecular formula is C13H19N3S. The Morgan fingerprint density at radius 1 is 1.53 bits per heavy atom. The van der Waals surface area contributed by atoms with E-state index in [2.05, 4.69) is 33.2 Å². The van der Waals surface area contributed by atoms with Crippen molar-refractivity contribution in [1.82, 2.24) is 14.9 Å². The molecule has 4 heteroatoms. The predicted molar refractivity (Wildman–Crippen MR) is 72.4 cm³/mol. The maximum atomic E-state index is 4.40. The molecule has 17 heavy (non-hydrogen) atoms. The number of hydrogen-bond donors (Lipinski definition) is 1. The van der Waals surface area contributed by atoms with Gasteiger partial charge in [-0.2, -0.15) is 0 Å². The van der Waals surface area contributed by atoms with Gasteiger partial charge in [0.15, 0.2) is 0 Å². The van der Waals surface area contributed by atoms with Crippen LogP contribution in [0.1, 0.15) is 29.2 Å². The number of aromatic nitrogens is 2. The van der Waals surface area contributed by atoms with Gasteiger partial charge < -0.3 is 9.88 Å². The van der Waals surface area contributed by atoms with Crippen molar-refractivity contribution in [3.63, 3.8) is 0 Å². The Balaban J connectivity index is 2.20. The second-order valence-corrected chi connectivity index (χ2v) is 5.11. The molecule has 0 amide bonds. The SMILES string of the molecule is CCc1ccsc1C(Cc1nccn1C)NC. The quantitative estimate of drug-likeness (QED) is 0.882. The molecule has 0 aliphatic rings. The van der Waals surface area contributed by atoms with Gasteiger partial charge in [0.1, 0.15) is 5.82 Å². The lowest BCUT2D eigenvalue weighted by atomic mass is 10.1. The Kier molecular flexibility index (Phi) is 3.97. The molecule has 3 nitrogen and oxygen atoms in total. The fraction of sp³-hybridized carbons (Fsp3) is 0.462. The fourth-order valence-electron chi connectivity index (χ4n) is 2.05. The molecule has 0 radical (unpaired) electrons. The zero-order valence-electron chi connectivity index (χ0n) is 10.6. The Bertz CT molecular complexity index is 472. The molecule has 0 aliphatic heterocycles. The summed E-state index contributed by atoms with van der Waals surface area (Å²) in [6.07, 6.45) is 5.89. The van der Waals surface area contributed by atoms with Crippen LogP contribution in [-0.4, -0.2) is 16.6 Å². The zero-order valence-corrected chi connectivity index (χ0v) is 11.4. The molecule has 0 saturated heterocycles. The molecule has 0 spiro atoms. The summed E-state index contributed by atoms with van der Waals surface area (Å²) in [4.78, 5) is 5.84. The van der Waals surface area contributed by atoms with E-state index in [4.69, 9.17) is 0 Å². The summed E-state index contributed by atoms with van der Waals surface area (Å²) in [5, 5.41) is 5.58. The van der Waals surface area contributed by atoms with E-state index in [1.807, 2.05) is 37.8 Å². The van der Waals surface area contributed by atoms with Gasteiger partial charge in [0.2, 0.25) is 0 Å². The molecule has 0 bridgehead atoms. The Morgan fingerprint density at radius 2 is 2.35 bits per heavy atom. The van der Waals surface area contributed by atoms with Gasteiger partial charge in [-0.15, -0.1) is 11.3 Å². The molecule has 2 rings (SSSR count). The van der Waals surface area contributed by atoms with E-state index in [0.717, 1.165) is 18.7 Å². The van der Waals surface area contributed by atoms with E-state index in [0.29, 0.717) is 6.04 Å². The molecule has 2 aromatic heterocycles. The molecule has 0 aliphatic carbocycles. The summed E-state index contributed by atoms with van der Waals surface area (Å²) in [5.41, 5.74) is 1.45. The number of imidazole rings is 1. The van der Waals surface area contributed by atoms with Crippen molar-refractivity contribution in [2.45, 2.75) is 25.8 Å². The van der Waals surface area contributed by atoms with Crippen LogP contribution in [-0.2, 0) is 19.9 Å². The van der Waals surface area contributed by atoms with Crippen LogP contribution in [0.2, 0.25) is 0 Å². The Labute approximate surface area is 107 Å². The molecule has 92 valence electrons. The zero-order chi connectivity index (χ0) is 12.3. The molecule has 0 aromatic carbocycles. The van der Waals surface area contributed by atoms with Gasteiger partial charge in [0, 0.05) is 36.8 Å². The number of nitrogens with one attached hydrogen (secondary N) is 1. The number of hydrogen-bond acceptors (Lipinski definition) is 3. The molecule has 1 atom stereocenters. The Morgan fingerprint density at radius 3 is 2.94 bits per heavy atom. The number of rotatable bonds is 5. The average Bonchev–Trinajstić information content (AvgIpc) is 2.95. The van der Waals surface area contributed by atoms with E-state index >= 15 is 0 Å². The van der Waals surface area contributed by atoms with Gasteiger partial charge in [0.25, 0.3) is 0 Å². The second kappa shape index (κ2) is 5.47. The summed E-state index contributed by atoms with van der Waals surface area (Å²) in [6, 6.07) is 2.59. The summed E-state index contributed by atoms with van der Waals surface area (Å²) < 4.78 is 2.09. The predicted octanol–water partition coefficient (Wildman–Crippen LogP) is 2.55. The molecule has 1 N–H and O–H groups in total. The van der Waals surface area contributed by atoms with Crippen LogP contribution in [0.4, 0.5) is 0 Å². The van der Waals surface area contributed by atoms with Crippen molar-refractivity contribution in [1.29, 1.82) is 0 Å². The van der Waals surface area contributed by atoms with Crippen LogP contribution in [0, 0.1) is 0 Å². The highest BCUT2D eigenvalue weighted by Gasteiger charge is 2.16. The smallest absolute Gasteiger partial charge is 0.110 e. The van der Waals surface area contributed by atoms with Crippen molar-refractivity contribution in [2.24, 2.45) is 7.05 Å². The standard InChI is InChI=1S/C13H19N3S/c1-4-10-5-8-17-13(10)11(14-2)9-12-15-6-7-16(12)3/h5-8,11,14H,4,9H2,1-3H3. The monoisotopic (exact) mass is 249 g/mol. The molecule has 0 saturated carbocycles. The van der Waals surface area contributed by atoms with Crippen molar-refractivity contribution >= 4 is 11.3 Å². The number of thiophene rings is 1. The normalized spacial score (nSPS) is 12.9. The minimum Gasteiger partial charge on any atom is -0.338 e. The van der Waals surface area contributed by atoms with Gasteiger partial charge in [0.05, 0.1) is 0 Å². The lowest BCUT2D eigenvalue weighted by molar-refractivity contribution is 0.568. The first kappa shape index (κ1) is 12.3. The number of aryl methyl sites for hydroxylation is 2. The van der Waals surface area contributed by atoms with E-state index in [1.54, 1.807) is 0 Å². The van der Waals surface area contributed by atoms with Crippen LogP contribution in [0.25, 0.3) is 0 Å². The fourth-order valence-corrected chi connectivity index (χ4v) is 3.16. The largest absolute Gasteiger partial charge is 0.338 e. The maximum absolute atomic E-state index is 4.40. The van der Waals surface area contributed by atoms with Crippen LogP contribution in [0.15, 0.2) is 23.8 Å². The van der Waals surface area contributed by atoms with Gasteiger partial charge in [-0.1, -0.05) is 6.92 Å².